The van der Waals surface area contributed by atoms with Crippen molar-refractivity contribution in [3.8, 4) is 0 Å². The number of nitrogen functional groups attached to an aromatic ring is 1. The Labute approximate surface area is 114 Å². The molecule has 19 heavy (non-hydrogen) atoms. The fourth-order valence-corrected chi connectivity index (χ4v) is 2.43. The molecular formula is C16H20N2O. The summed E-state index contributed by atoms with van der Waals surface area (Å²) in [4.78, 5) is 2.49. The highest BCUT2D eigenvalue weighted by Crippen LogP contribution is 2.30. The van der Waals surface area contributed by atoms with E-state index in [4.69, 9.17) is 10.2 Å². The number of rotatable bonds is 5. The third-order valence-corrected chi connectivity index (χ3v) is 3.72. The van der Waals surface area contributed by atoms with Crippen molar-refractivity contribution >= 4 is 5.69 Å². The summed E-state index contributed by atoms with van der Waals surface area (Å²) in [5.74, 6) is 1.04. The first-order valence-corrected chi connectivity index (χ1v) is 6.84. The summed E-state index contributed by atoms with van der Waals surface area (Å²) < 4.78 is 5.46. The second kappa shape index (κ2) is 5.10. The summed E-state index contributed by atoms with van der Waals surface area (Å²) in [7, 11) is 0. The molecule has 0 amide bonds. The van der Waals surface area contributed by atoms with Crippen molar-refractivity contribution in [3.63, 3.8) is 0 Å². The van der Waals surface area contributed by atoms with E-state index in [2.05, 4.69) is 24.0 Å². The second-order valence-electron chi connectivity index (χ2n) is 5.41. The Morgan fingerprint density at radius 1 is 1.26 bits per heavy atom. The van der Waals surface area contributed by atoms with Gasteiger partial charge in [0.1, 0.15) is 5.76 Å². The van der Waals surface area contributed by atoms with Crippen LogP contribution in [0, 0.1) is 6.92 Å². The van der Waals surface area contributed by atoms with Crippen LogP contribution in [0.4, 0.5) is 5.69 Å². The molecule has 1 aromatic heterocycles. The first-order chi connectivity index (χ1) is 9.22. The molecule has 3 nitrogen and oxygen atoms in total. The predicted octanol–water partition coefficient (Wildman–Crippen LogP) is 3.33. The van der Waals surface area contributed by atoms with Crippen LogP contribution in [0.15, 0.2) is 41.0 Å². The van der Waals surface area contributed by atoms with Crippen LogP contribution >= 0.6 is 0 Å². The molecule has 0 bridgehead atoms. The van der Waals surface area contributed by atoms with Gasteiger partial charge >= 0.3 is 0 Å². The highest BCUT2D eigenvalue weighted by Gasteiger charge is 2.29. The SMILES string of the molecule is Cc1cc(CN(Cc2ccco2)C2CC2)ccc1N. The average Bonchev–Trinajstić information content (AvgIpc) is 3.12. The van der Waals surface area contributed by atoms with Crippen molar-refractivity contribution in [2.45, 2.75) is 38.9 Å². The minimum Gasteiger partial charge on any atom is -0.468 e. The lowest BCUT2D eigenvalue weighted by Crippen LogP contribution is -2.24. The number of benzene rings is 1. The van der Waals surface area contributed by atoms with Gasteiger partial charge in [-0.2, -0.15) is 0 Å². The van der Waals surface area contributed by atoms with Crippen LogP contribution in [-0.4, -0.2) is 10.9 Å². The Balaban J connectivity index is 1.72. The van der Waals surface area contributed by atoms with E-state index in [0.717, 1.165) is 30.1 Å². The summed E-state index contributed by atoms with van der Waals surface area (Å²) in [5, 5.41) is 0. The summed E-state index contributed by atoms with van der Waals surface area (Å²) in [6.45, 7) is 3.92. The van der Waals surface area contributed by atoms with E-state index in [1.165, 1.54) is 18.4 Å². The molecule has 0 radical (unpaired) electrons. The molecule has 2 aromatic rings. The summed E-state index contributed by atoms with van der Waals surface area (Å²) in [6.07, 6.45) is 4.34. The molecule has 1 aliphatic carbocycles. The van der Waals surface area contributed by atoms with Crippen molar-refractivity contribution in [1.29, 1.82) is 0 Å². The topological polar surface area (TPSA) is 42.4 Å². The molecule has 0 aliphatic heterocycles. The van der Waals surface area contributed by atoms with Crippen LogP contribution in [0.1, 0.15) is 29.7 Å². The van der Waals surface area contributed by atoms with Gasteiger partial charge in [-0.05, 0) is 49.1 Å². The molecule has 0 unspecified atom stereocenters. The molecule has 1 aromatic carbocycles. The Bertz CT molecular complexity index is 544. The van der Waals surface area contributed by atoms with Gasteiger partial charge in [0.05, 0.1) is 12.8 Å². The quantitative estimate of drug-likeness (QED) is 0.834. The molecule has 100 valence electrons. The predicted molar refractivity (Wildman–Crippen MR) is 76.6 cm³/mol. The maximum absolute atomic E-state index is 5.87. The van der Waals surface area contributed by atoms with Crippen LogP contribution in [-0.2, 0) is 13.1 Å². The van der Waals surface area contributed by atoms with Gasteiger partial charge < -0.3 is 10.2 Å². The van der Waals surface area contributed by atoms with Gasteiger partial charge in [-0.3, -0.25) is 4.90 Å². The van der Waals surface area contributed by atoms with Gasteiger partial charge in [0.25, 0.3) is 0 Å². The second-order valence-corrected chi connectivity index (χ2v) is 5.41. The van der Waals surface area contributed by atoms with Crippen molar-refractivity contribution in [1.82, 2.24) is 4.90 Å². The molecule has 1 aliphatic rings. The Kier molecular flexibility index (Phi) is 3.30. The van der Waals surface area contributed by atoms with Crippen LogP contribution in [0.3, 0.4) is 0 Å². The van der Waals surface area contributed by atoms with Crippen LogP contribution in [0.2, 0.25) is 0 Å². The highest BCUT2D eigenvalue weighted by molar-refractivity contribution is 5.47. The standard InChI is InChI=1S/C16H20N2O/c1-12-9-13(4-7-16(12)17)10-18(14-5-6-14)11-15-3-2-8-19-15/h2-4,7-9,14H,5-6,10-11,17H2,1H3. The number of nitrogens with two attached hydrogens (primary N) is 1. The molecule has 1 fully saturated rings. The van der Waals surface area contributed by atoms with E-state index >= 15 is 0 Å². The third-order valence-electron chi connectivity index (χ3n) is 3.72. The van der Waals surface area contributed by atoms with Crippen LogP contribution in [0.5, 0.6) is 0 Å². The summed E-state index contributed by atoms with van der Waals surface area (Å²) >= 11 is 0. The number of furan rings is 1. The molecule has 0 saturated heterocycles. The van der Waals surface area contributed by atoms with Gasteiger partial charge in [0.15, 0.2) is 0 Å². The molecule has 3 heteroatoms. The van der Waals surface area contributed by atoms with Gasteiger partial charge in [-0.1, -0.05) is 12.1 Å². The minimum absolute atomic E-state index is 0.711. The maximum Gasteiger partial charge on any atom is 0.117 e. The van der Waals surface area contributed by atoms with Gasteiger partial charge in [-0.25, -0.2) is 0 Å². The normalized spacial score (nSPS) is 15.1. The molecule has 0 atom stereocenters. The molecule has 3 rings (SSSR count). The lowest BCUT2D eigenvalue weighted by Gasteiger charge is -2.21. The molecule has 1 heterocycles. The molecule has 2 N–H and O–H groups in total. The molecule has 0 spiro atoms. The number of hydrogen-bond donors (Lipinski definition) is 1. The Morgan fingerprint density at radius 3 is 2.74 bits per heavy atom. The highest BCUT2D eigenvalue weighted by atomic mass is 16.3. The maximum atomic E-state index is 5.87. The monoisotopic (exact) mass is 256 g/mol. The fourth-order valence-electron chi connectivity index (χ4n) is 2.43. The zero-order chi connectivity index (χ0) is 13.2. The Morgan fingerprint density at radius 2 is 2.11 bits per heavy atom. The first kappa shape index (κ1) is 12.3. The number of nitrogens with zero attached hydrogens (tertiary/aromatic N) is 1. The first-order valence-electron chi connectivity index (χ1n) is 6.84. The van der Waals surface area contributed by atoms with Crippen molar-refractivity contribution in [2.75, 3.05) is 5.73 Å². The van der Waals surface area contributed by atoms with E-state index in [1.807, 2.05) is 18.2 Å². The Hall–Kier alpha value is -1.74. The van der Waals surface area contributed by atoms with Gasteiger partial charge in [-0.15, -0.1) is 0 Å². The number of aryl methyl sites for hydroxylation is 1. The van der Waals surface area contributed by atoms with Crippen LogP contribution in [0.25, 0.3) is 0 Å². The van der Waals surface area contributed by atoms with Crippen LogP contribution < -0.4 is 5.73 Å². The van der Waals surface area contributed by atoms with Crippen molar-refractivity contribution < 1.29 is 4.42 Å². The van der Waals surface area contributed by atoms with Gasteiger partial charge in [0, 0.05) is 18.3 Å². The zero-order valence-electron chi connectivity index (χ0n) is 11.3. The lowest BCUT2D eigenvalue weighted by molar-refractivity contribution is 0.225. The number of hydrogen-bond acceptors (Lipinski definition) is 3. The molecule has 1 saturated carbocycles. The smallest absolute Gasteiger partial charge is 0.117 e. The zero-order valence-corrected chi connectivity index (χ0v) is 11.3. The van der Waals surface area contributed by atoms with E-state index < -0.39 is 0 Å². The molecular weight excluding hydrogens is 236 g/mol. The number of anilines is 1. The average molecular weight is 256 g/mol. The summed E-state index contributed by atoms with van der Waals surface area (Å²) in [6, 6.07) is 11.0. The van der Waals surface area contributed by atoms with Crippen molar-refractivity contribution in [3.05, 3.63) is 53.5 Å². The lowest BCUT2D eigenvalue weighted by atomic mass is 10.1. The van der Waals surface area contributed by atoms with E-state index in [1.54, 1.807) is 6.26 Å². The van der Waals surface area contributed by atoms with Gasteiger partial charge in [0.2, 0.25) is 0 Å². The third kappa shape index (κ3) is 2.99. The summed E-state index contributed by atoms with van der Waals surface area (Å²) in [5.41, 5.74) is 9.22. The largest absolute Gasteiger partial charge is 0.468 e. The van der Waals surface area contributed by atoms with E-state index in [0.29, 0.717) is 6.04 Å². The minimum atomic E-state index is 0.711. The fraction of sp³-hybridized carbons (Fsp3) is 0.375. The van der Waals surface area contributed by atoms with E-state index in [9.17, 15) is 0 Å². The van der Waals surface area contributed by atoms with Crippen molar-refractivity contribution in [2.24, 2.45) is 0 Å². The van der Waals surface area contributed by atoms with E-state index in [-0.39, 0.29) is 0 Å².